The van der Waals surface area contributed by atoms with Crippen LogP contribution < -0.4 is 4.74 Å². The molecule has 80 valence electrons. The molecule has 0 atom stereocenters. The van der Waals surface area contributed by atoms with E-state index in [2.05, 4.69) is 30.0 Å². The minimum Gasteiger partial charge on any atom is -0.495 e. The van der Waals surface area contributed by atoms with Gasteiger partial charge in [0.15, 0.2) is 0 Å². The topological polar surface area (TPSA) is 28.3 Å². The van der Waals surface area contributed by atoms with Gasteiger partial charge in [-0.15, -0.1) is 0 Å². The monoisotopic (exact) mass is 204 g/mol. The SMILES string of the molecule is COc1cccc2c(CN(C)C)c[nH]c12. The van der Waals surface area contributed by atoms with Crippen LogP contribution in [-0.2, 0) is 6.54 Å². The molecule has 0 aliphatic heterocycles. The van der Waals surface area contributed by atoms with Crippen molar-refractivity contribution < 1.29 is 4.74 Å². The lowest BCUT2D eigenvalue weighted by atomic mass is 10.1. The second-order valence-electron chi connectivity index (χ2n) is 3.93. The van der Waals surface area contributed by atoms with E-state index in [-0.39, 0.29) is 0 Å². The Morgan fingerprint density at radius 3 is 2.80 bits per heavy atom. The van der Waals surface area contributed by atoms with Crippen molar-refractivity contribution in [1.29, 1.82) is 0 Å². The standard InChI is InChI=1S/C12H16N2O/c1-14(2)8-9-7-13-12-10(9)5-4-6-11(12)15-3/h4-7,13H,8H2,1-3H3. The lowest BCUT2D eigenvalue weighted by Gasteiger charge is -2.08. The summed E-state index contributed by atoms with van der Waals surface area (Å²) in [5.41, 5.74) is 2.38. The van der Waals surface area contributed by atoms with Crippen LogP contribution >= 0.6 is 0 Å². The number of nitrogens with one attached hydrogen (secondary N) is 1. The van der Waals surface area contributed by atoms with Gasteiger partial charge >= 0.3 is 0 Å². The third kappa shape index (κ3) is 1.83. The minimum absolute atomic E-state index is 0.900. The Morgan fingerprint density at radius 2 is 2.13 bits per heavy atom. The average Bonchev–Trinajstić information content (AvgIpc) is 2.61. The molecule has 0 unspecified atom stereocenters. The fourth-order valence-electron chi connectivity index (χ4n) is 1.83. The maximum Gasteiger partial charge on any atom is 0.142 e. The van der Waals surface area contributed by atoms with E-state index in [1.54, 1.807) is 7.11 Å². The van der Waals surface area contributed by atoms with Crippen molar-refractivity contribution in [2.75, 3.05) is 21.2 Å². The number of methoxy groups -OCH3 is 1. The second kappa shape index (κ2) is 3.95. The molecule has 0 radical (unpaired) electrons. The third-order valence-electron chi connectivity index (χ3n) is 2.47. The highest BCUT2D eigenvalue weighted by Gasteiger charge is 2.07. The van der Waals surface area contributed by atoms with Crippen molar-refractivity contribution >= 4 is 10.9 Å². The van der Waals surface area contributed by atoms with Crippen LogP contribution in [0.15, 0.2) is 24.4 Å². The predicted octanol–water partition coefficient (Wildman–Crippen LogP) is 2.24. The van der Waals surface area contributed by atoms with Crippen molar-refractivity contribution in [3.05, 3.63) is 30.0 Å². The number of H-pyrrole nitrogens is 1. The Hall–Kier alpha value is -1.48. The second-order valence-corrected chi connectivity index (χ2v) is 3.93. The van der Waals surface area contributed by atoms with Gasteiger partial charge in [0.05, 0.1) is 12.6 Å². The molecule has 0 aliphatic carbocycles. The van der Waals surface area contributed by atoms with Gasteiger partial charge in [-0.05, 0) is 25.7 Å². The zero-order valence-electron chi connectivity index (χ0n) is 9.37. The van der Waals surface area contributed by atoms with E-state index in [1.165, 1.54) is 10.9 Å². The first-order chi connectivity index (χ1) is 7.22. The van der Waals surface area contributed by atoms with Crippen molar-refractivity contribution in [2.24, 2.45) is 0 Å². The Balaban J connectivity index is 2.51. The summed E-state index contributed by atoms with van der Waals surface area (Å²) in [6.45, 7) is 0.938. The van der Waals surface area contributed by atoms with E-state index in [0.717, 1.165) is 17.8 Å². The summed E-state index contributed by atoms with van der Waals surface area (Å²) in [7, 11) is 5.83. The molecule has 0 saturated heterocycles. The smallest absolute Gasteiger partial charge is 0.142 e. The summed E-state index contributed by atoms with van der Waals surface area (Å²) in [6, 6.07) is 6.11. The number of aromatic amines is 1. The maximum absolute atomic E-state index is 5.30. The van der Waals surface area contributed by atoms with Crippen molar-refractivity contribution in [3.8, 4) is 5.75 Å². The van der Waals surface area contributed by atoms with Crippen LogP contribution in [-0.4, -0.2) is 31.1 Å². The molecule has 1 aromatic carbocycles. The van der Waals surface area contributed by atoms with Crippen molar-refractivity contribution in [3.63, 3.8) is 0 Å². The maximum atomic E-state index is 5.30. The zero-order chi connectivity index (χ0) is 10.8. The summed E-state index contributed by atoms with van der Waals surface area (Å²) < 4.78 is 5.30. The van der Waals surface area contributed by atoms with Crippen LogP contribution in [0, 0.1) is 0 Å². The summed E-state index contributed by atoms with van der Waals surface area (Å²) in [6.07, 6.45) is 2.05. The largest absolute Gasteiger partial charge is 0.495 e. The number of fused-ring (bicyclic) bond motifs is 1. The highest BCUT2D eigenvalue weighted by molar-refractivity contribution is 5.88. The number of ether oxygens (including phenoxy) is 1. The quantitative estimate of drug-likeness (QED) is 0.830. The molecule has 0 saturated carbocycles. The molecule has 0 amide bonds. The van der Waals surface area contributed by atoms with Gasteiger partial charge in [-0.1, -0.05) is 12.1 Å². The molecule has 1 heterocycles. The molecule has 15 heavy (non-hydrogen) atoms. The van der Waals surface area contributed by atoms with E-state index >= 15 is 0 Å². The highest BCUT2D eigenvalue weighted by Crippen LogP contribution is 2.27. The van der Waals surface area contributed by atoms with Crippen LogP contribution in [0.5, 0.6) is 5.75 Å². The van der Waals surface area contributed by atoms with Crippen LogP contribution in [0.2, 0.25) is 0 Å². The number of aromatic nitrogens is 1. The van der Waals surface area contributed by atoms with Crippen LogP contribution in [0.1, 0.15) is 5.56 Å². The zero-order valence-corrected chi connectivity index (χ0v) is 9.37. The van der Waals surface area contributed by atoms with Gasteiger partial charge < -0.3 is 14.6 Å². The number of hydrogen-bond donors (Lipinski definition) is 1. The van der Waals surface area contributed by atoms with Gasteiger partial charge in [0, 0.05) is 18.1 Å². The van der Waals surface area contributed by atoms with E-state index in [4.69, 9.17) is 4.74 Å². The number of nitrogens with zero attached hydrogens (tertiary/aromatic N) is 1. The molecule has 1 N–H and O–H groups in total. The summed E-state index contributed by atoms with van der Waals surface area (Å²) in [4.78, 5) is 5.42. The summed E-state index contributed by atoms with van der Waals surface area (Å²) >= 11 is 0. The fourth-order valence-corrected chi connectivity index (χ4v) is 1.83. The first-order valence-electron chi connectivity index (χ1n) is 5.00. The lowest BCUT2D eigenvalue weighted by molar-refractivity contribution is 0.404. The van der Waals surface area contributed by atoms with E-state index in [0.29, 0.717) is 0 Å². The van der Waals surface area contributed by atoms with Gasteiger partial charge in [-0.25, -0.2) is 0 Å². The molecule has 2 aromatic rings. The van der Waals surface area contributed by atoms with Gasteiger partial charge in [-0.3, -0.25) is 0 Å². The lowest BCUT2D eigenvalue weighted by Crippen LogP contribution is -2.09. The van der Waals surface area contributed by atoms with Gasteiger partial charge in [-0.2, -0.15) is 0 Å². The number of para-hydroxylation sites is 1. The first-order valence-corrected chi connectivity index (χ1v) is 5.00. The molecule has 0 bridgehead atoms. The Kier molecular flexibility index (Phi) is 2.64. The Bertz CT molecular complexity index is 460. The third-order valence-corrected chi connectivity index (χ3v) is 2.47. The fraction of sp³-hybridized carbons (Fsp3) is 0.333. The molecule has 2 rings (SSSR count). The summed E-state index contributed by atoms with van der Waals surface area (Å²) in [5.74, 6) is 0.900. The van der Waals surface area contributed by atoms with Crippen LogP contribution in [0.25, 0.3) is 10.9 Å². The molecule has 3 heteroatoms. The summed E-state index contributed by atoms with van der Waals surface area (Å²) in [5, 5.41) is 1.24. The van der Waals surface area contributed by atoms with Crippen LogP contribution in [0.4, 0.5) is 0 Å². The molecular weight excluding hydrogens is 188 g/mol. The molecule has 3 nitrogen and oxygen atoms in total. The number of benzene rings is 1. The highest BCUT2D eigenvalue weighted by atomic mass is 16.5. The minimum atomic E-state index is 0.900. The normalized spacial score (nSPS) is 11.2. The van der Waals surface area contributed by atoms with Crippen molar-refractivity contribution in [1.82, 2.24) is 9.88 Å². The number of hydrogen-bond acceptors (Lipinski definition) is 2. The average molecular weight is 204 g/mol. The molecule has 0 spiro atoms. The van der Waals surface area contributed by atoms with Gasteiger partial charge in [0.1, 0.15) is 5.75 Å². The molecule has 0 aliphatic rings. The van der Waals surface area contributed by atoms with E-state index in [9.17, 15) is 0 Å². The van der Waals surface area contributed by atoms with E-state index in [1.807, 2.05) is 18.3 Å². The predicted molar refractivity (Wildman–Crippen MR) is 62.2 cm³/mol. The Morgan fingerprint density at radius 1 is 1.33 bits per heavy atom. The molecule has 1 aromatic heterocycles. The number of rotatable bonds is 3. The van der Waals surface area contributed by atoms with Crippen LogP contribution in [0.3, 0.4) is 0 Å². The first kappa shape index (κ1) is 10.1. The molecular formula is C12H16N2O. The van der Waals surface area contributed by atoms with Gasteiger partial charge in [0.2, 0.25) is 0 Å². The molecule has 0 fully saturated rings. The Labute approximate surface area is 89.7 Å². The van der Waals surface area contributed by atoms with Gasteiger partial charge in [0.25, 0.3) is 0 Å². The van der Waals surface area contributed by atoms with E-state index < -0.39 is 0 Å². The van der Waals surface area contributed by atoms with Crippen molar-refractivity contribution in [2.45, 2.75) is 6.54 Å².